The van der Waals surface area contributed by atoms with Crippen LogP contribution in [0.4, 0.5) is 16.2 Å². The monoisotopic (exact) mass is 351 g/mol. The zero-order valence-corrected chi connectivity index (χ0v) is 15.0. The van der Waals surface area contributed by atoms with Crippen molar-refractivity contribution in [3.63, 3.8) is 0 Å². The fourth-order valence-electron chi connectivity index (χ4n) is 3.74. The maximum absolute atomic E-state index is 12.3. The van der Waals surface area contributed by atoms with Gasteiger partial charge in [0.1, 0.15) is 0 Å². The van der Waals surface area contributed by atoms with Crippen molar-refractivity contribution in [2.45, 2.75) is 25.4 Å². The maximum atomic E-state index is 12.3. The van der Waals surface area contributed by atoms with Crippen LogP contribution in [0, 0.1) is 5.41 Å². The number of carbonyl (C=O) groups excluding carboxylic acids is 1. The van der Waals surface area contributed by atoms with Gasteiger partial charge in [-0.1, -0.05) is 36.4 Å². The molecule has 2 aromatic carbocycles. The molecule has 0 spiro atoms. The number of rotatable bonds is 5. The summed E-state index contributed by atoms with van der Waals surface area (Å²) in [5, 5.41) is 16.5. The Balaban J connectivity index is 1.35. The van der Waals surface area contributed by atoms with Gasteiger partial charge in [-0.3, -0.25) is 0 Å². The summed E-state index contributed by atoms with van der Waals surface area (Å²) in [4.78, 5) is 14.5. The van der Waals surface area contributed by atoms with Crippen LogP contribution in [0.1, 0.15) is 30.1 Å². The van der Waals surface area contributed by atoms with E-state index in [1.54, 1.807) is 0 Å². The molecule has 1 fully saturated rings. The Labute approximate surface area is 154 Å². The number of urea groups is 1. The molecule has 0 bridgehead atoms. The Bertz CT molecular complexity index is 802. The summed E-state index contributed by atoms with van der Waals surface area (Å²) in [7, 11) is 2.07. The first-order chi connectivity index (χ1) is 12.6. The van der Waals surface area contributed by atoms with E-state index in [9.17, 15) is 9.90 Å². The molecule has 1 atom stereocenters. The van der Waals surface area contributed by atoms with Crippen LogP contribution >= 0.6 is 0 Å². The van der Waals surface area contributed by atoms with E-state index in [2.05, 4.69) is 28.6 Å². The average Bonchev–Trinajstić information content (AvgIpc) is 3.38. The fraction of sp³-hybridized carbons (Fsp3) is 0.381. The minimum Gasteiger partial charge on any atom is -0.388 e. The number of carbonyl (C=O) groups is 1. The van der Waals surface area contributed by atoms with E-state index in [4.69, 9.17) is 0 Å². The predicted octanol–water partition coefficient (Wildman–Crippen LogP) is 3.31. The number of hydrogen-bond donors (Lipinski definition) is 3. The van der Waals surface area contributed by atoms with E-state index in [-0.39, 0.29) is 11.4 Å². The highest BCUT2D eigenvalue weighted by molar-refractivity contribution is 5.90. The molecule has 5 nitrogen and oxygen atoms in total. The fourth-order valence-corrected chi connectivity index (χ4v) is 3.74. The zero-order valence-electron chi connectivity index (χ0n) is 15.0. The smallest absolute Gasteiger partial charge is 0.319 e. The normalized spacial score (nSPS) is 18.2. The SMILES string of the molecule is CN1CCc2ccc(NC(=O)NCC3(C(O)c4ccccc4)CC3)cc21. The van der Waals surface area contributed by atoms with Gasteiger partial charge in [0.05, 0.1) is 6.10 Å². The van der Waals surface area contributed by atoms with Crippen molar-refractivity contribution < 1.29 is 9.90 Å². The number of fused-ring (bicyclic) bond motifs is 1. The van der Waals surface area contributed by atoms with Gasteiger partial charge in [0, 0.05) is 36.9 Å². The van der Waals surface area contributed by atoms with E-state index in [0.29, 0.717) is 6.54 Å². The van der Waals surface area contributed by atoms with Crippen LogP contribution < -0.4 is 15.5 Å². The number of amides is 2. The lowest BCUT2D eigenvalue weighted by molar-refractivity contribution is 0.0936. The Hall–Kier alpha value is -2.53. The third-order valence-electron chi connectivity index (χ3n) is 5.66. The molecule has 4 rings (SSSR count). The summed E-state index contributed by atoms with van der Waals surface area (Å²) >= 11 is 0. The third kappa shape index (κ3) is 3.27. The topological polar surface area (TPSA) is 64.6 Å². The summed E-state index contributed by atoms with van der Waals surface area (Å²) < 4.78 is 0. The Morgan fingerprint density at radius 3 is 2.73 bits per heavy atom. The minimum absolute atomic E-state index is 0.225. The molecule has 0 radical (unpaired) electrons. The van der Waals surface area contributed by atoms with Gasteiger partial charge in [-0.15, -0.1) is 0 Å². The number of likely N-dealkylation sites (N-methyl/N-ethyl adjacent to an activating group) is 1. The van der Waals surface area contributed by atoms with Gasteiger partial charge in [0.2, 0.25) is 0 Å². The van der Waals surface area contributed by atoms with Crippen LogP contribution in [-0.4, -0.2) is 31.3 Å². The van der Waals surface area contributed by atoms with Crippen molar-refractivity contribution >= 4 is 17.4 Å². The highest BCUT2D eigenvalue weighted by atomic mass is 16.3. The van der Waals surface area contributed by atoms with E-state index < -0.39 is 6.10 Å². The van der Waals surface area contributed by atoms with E-state index in [0.717, 1.165) is 37.1 Å². The van der Waals surface area contributed by atoms with E-state index in [1.807, 2.05) is 42.5 Å². The Kier molecular flexibility index (Phi) is 4.32. The third-order valence-corrected chi connectivity index (χ3v) is 5.66. The number of aliphatic hydroxyl groups excluding tert-OH is 1. The molecule has 2 amide bonds. The molecule has 1 unspecified atom stereocenters. The first-order valence-corrected chi connectivity index (χ1v) is 9.19. The molecule has 2 aromatic rings. The maximum Gasteiger partial charge on any atom is 0.319 e. The van der Waals surface area contributed by atoms with Gasteiger partial charge in [0.25, 0.3) is 0 Å². The van der Waals surface area contributed by atoms with Gasteiger partial charge in [0.15, 0.2) is 0 Å². The van der Waals surface area contributed by atoms with Crippen LogP contribution in [-0.2, 0) is 6.42 Å². The minimum atomic E-state index is -0.544. The van der Waals surface area contributed by atoms with Crippen LogP contribution in [0.15, 0.2) is 48.5 Å². The molecule has 0 aromatic heterocycles. The van der Waals surface area contributed by atoms with Gasteiger partial charge >= 0.3 is 6.03 Å². The summed E-state index contributed by atoms with van der Waals surface area (Å²) in [6.45, 7) is 1.49. The lowest BCUT2D eigenvalue weighted by atomic mass is 9.93. The van der Waals surface area contributed by atoms with Crippen LogP contribution in [0.2, 0.25) is 0 Å². The Morgan fingerprint density at radius 1 is 1.23 bits per heavy atom. The Morgan fingerprint density at radius 2 is 2.00 bits per heavy atom. The first kappa shape index (κ1) is 16.9. The van der Waals surface area contributed by atoms with Crippen LogP contribution in [0.5, 0.6) is 0 Å². The van der Waals surface area contributed by atoms with Crippen molar-refractivity contribution in [2.75, 3.05) is 30.4 Å². The number of anilines is 2. The molecule has 136 valence electrons. The molecule has 5 heteroatoms. The summed E-state index contributed by atoms with van der Waals surface area (Å²) in [6.07, 6.45) is 2.36. The molecule has 1 heterocycles. The number of hydrogen-bond acceptors (Lipinski definition) is 3. The molecule has 26 heavy (non-hydrogen) atoms. The molecule has 1 aliphatic carbocycles. The number of aliphatic hydroxyl groups is 1. The number of nitrogens with one attached hydrogen (secondary N) is 2. The highest BCUT2D eigenvalue weighted by Crippen LogP contribution is 2.54. The second-order valence-corrected chi connectivity index (χ2v) is 7.50. The second-order valence-electron chi connectivity index (χ2n) is 7.50. The summed E-state index contributed by atoms with van der Waals surface area (Å²) in [6, 6.07) is 15.5. The molecule has 2 aliphatic rings. The van der Waals surface area contributed by atoms with Crippen molar-refractivity contribution in [3.8, 4) is 0 Å². The van der Waals surface area contributed by atoms with Crippen LogP contribution in [0.25, 0.3) is 0 Å². The molecular weight excluding hydrogens is 326 g/mol. The predicted molar refractivity (Wildman–Crippen MR) is 104 cm³/mol. The molecule has 1 saturated carbocycles. The van der Waals surface area contributed by atoms with Gasteiger partial charge in [-0.25, -0.2) is 4.79 Å². The van der Waals surface area contributed by atoms with Gasteiger partial charge in [-0.05, 0) is 42.5 Å². The second kappa shape index (κ2) is 6.65. The molecule has 0 saturated heterocycles. The van der Waals surface area contributed by atoms with Crippen molar-refractivity contribution in [3.05, 3.63) is 59.7 Å². The van der Waals surface area contributed by atoms with Gasteiger partial charge in [-0.2, -0.15) is 0 Å². The number of nitrogens with zero attached hydrogens (tertiary/aromatic N) is 1. The first-order valence-electron chi connectivity index (χ1n) is 9.19. The summed E-state index contributed by atoms with van der Waals surface area (Å²) in [5.41, 5.74) is 3.97. The van der Waals surface area contributed by atoms with Crippen molar-refractivity contribution in [1.29, 1.82) is 0 Å². The van der Waals surface area contributed by atoms with Crippen LogP contribution in [0.3, 0.4) is 0 Å². The standard InChI is InChI=1S/C21H25N3O2/c1-24-12-9-15-7-8-17(13-18(15)24)23-20(26)22-14-21(10-11-21)19(25)16-5-3-2-4-6-16/h2-8,13,19,25H,9-12,14H2,1H3,(H2,22,23,26). The molecule has 1 aliphatic heterocycles. The van der Waals surface area contributed by atoms with Crippen molar-refractivity contribution in [2.24, 2.45) is 5.41 Å². The molecule has 3 N–H and O–H groups in total. The zero-order chi connectivity index (χ0) is 18.1. The highest BCUT2D eigenvalue weighted by Gasteiger charge is 2.49. The van der Waals surface area contributed by atoms with E-state index in [1.165, 1.54) is 11.3 Å². The quantitative estimate of drug-likeness (QED) is 0.774. The summed E-state index contributed by atoms with van der Waals surface area (Å²) in [5.74, 6) is 0. The largest absolute Gasteiger partial charge is 0.388 e. The average molecular weight is 351 g/mol. The van der Waals surface area contributed by atoms with Crippen molar-refractivity contribution in [1.82, 2.24) is 5.32 Å². The lowest BCUT2D eigenvalue weighted by Gasteiger charge is -2.23. The van der Waals surface area contributed by atoms with Gasteiger partial charge < -0.3 is 20.6 Å². The molecular formula is C21H25N3O2. The lowest BCUT2D eigenvalue weighted by Crippen LogP contribution is -2.36. The number of benzene rings is 2. The van der Waals surface area contributed by atoms with E-state index >= 15 is 0 Å².